The van der Waals surface area contributed by atoms with Crippen LogP contribution in [0.25, 0.3) is 0 Å². The summed E-state index contributed by atoms with van der Waals surface area (Å²) in [5, 5.41) is 14.6. The molecule has 0 saturated heterocycles. The van der Waals surface area contributed by atoms with Gasteiger partial charge in [-0.1, -0.05) is 0 Å². The molecule has 2 aromatic rings. The second kappa shape index (κ2) is 3.45. The van der Waals surface area contributed by atoms with Gasteiger partial charge in [0, 0.05) is 19.4 Å². The smallest absolute Gasteiger partial charge is 0.271 e. The lowest BCUT2D eigenvalue weighted by molar-refractivity contribution is -0.384. The molecule has 0 radical (unpaired) electrons. The second-order valence-corrected chi connectivity index (χ2v) is 3.00. The molecular weight excluding hydrogens is 198 g/mol. The lowest BCUT2D eigenvalue weighted by Crippen LogP contribution is -2.08. The van der Waals surface area contributed by atoms with Crippen molar-refractivity contribution in [1.29, 1.82) is 0 Å². The van der Waals surface area contributed by atoms with Gasteiger partial charge < -0.3 is 0 Å². The van der Waals surface area contributed by atoms with E-state index >= 15 is 0 Å². The maximum atomic E-state index is 10.7. The van der Waals surface area contributed by atoms with Gasteiger partial charge in [-0.2, -0.15) is 0 Å². The van der Waals surface area contributed by atoms with Crippen molar-refractivity contribution in [3.63, 3.8) is 0 Å². The number of nitro groups is 1. The first-order valence-electron chi connectivity index (χ1n) is 4.25. The molecule has 0 aliphatic heterocycles. The lowest BCUT2D eigenvalue weighted by atomic mass is 10.5. The molecule has 0 aromatic carbocycles. The first kappa shape index (κ1) is 9.25. The highest BCUT2D eigenvalue weighted by molar-refractivity contribution is 5.54. The molecule has 7 heteroatoms. The topological polar surface area (TPSA) is 77.9 Å². The van der Waals surface area contributed by atoms with Crippen molar-refractivity contribution >= 4 is 11.5 Å². The minimum atomic E-state index is -0.473. The number of nitrogens with zero attached hydrogens (tertiary/aromatic N) is 4. The normalized spacial score (nSPS) is 10.2. The maximum Gasteiger partial charge on any atom is 0.332 e. The molecule has 0 spiro atoms. The monoisotopic (exact) mass is 207 g/mol. The molecule has 78 valence electrons. The van der Waals surface area contributed by atoms with Crippen LogP contribution in [-0.2, 0) is 7.05 Å². The molecule has 2 heterocycles. The molecule has 15 heavy (non-hydrogen) atoms. The van der Waals surface area contributed by atoms with Crippen molar-refractivity contribution < 1.29 is 4.92 Å². The molecule has 0 fully saturated rings. The fraction of sp³-hybridized carbons (Fsp3) is 0.125. The van der Waals surface area contributed by atoms with Gasteiger partial charge in [0.2, 0.25) is 5.82 Å². The zero-order valence-corrected chi connectivity index (χ0v) is 7.99. The van der Waals surface area contributed by atoms with Crippen LogP contribution >= 0.6 is 0 Å². The minimum absolute atomic E-state index is 0.0498. The maximum absolute atomic E-state index is 10.7. The highest BCUT2D eigenvalue weighted by Gasteiger charge is 2.18. The number of hydrogen-bond acceptors (Lipinski definition) is 4. The number of aryl methyl sites for hydroxylation is 1. The Morgan fingerprint density at radius 3 is 2.73 bits per heavy atom. The van der Waals surface area contributed by atoms with Crippen molar-refractivity contribution in [2.24, 2.45) is 7.05 Å². The van der Waals surface area contributed by atoms with Crippen LogP contribution in [0.2, 0.25) is 0 Å². The number of nitrogens with one attached hydrogen (secondary N) is 1. The third kappa shape index (κ3) is 1.80. The molecule has 1 N–H and O–H groups in total. The molecule has 0 unspecified atom stereocenters. The van der Waals surface area contributed by atoms with E-state index in [1.165, 1.54) is 10.9 Å². The van der Waals surface area contributed by atoms with Crippen molar-refractivity contribution in [2.45, 2.75) is 0 Å². The molecule has 0 aliphatic rings. The second-order valence-electron chi connectivity index (χ2n) is 3.00. The first-order chi connectivity index (χ1) is 7.16. The summed E-state index contributed by atoms with van der Waals surface area (Å²) >= 11 is 0. The highest BCUT2D eigenvalue weighted by Crippen LogP contribution is 2.21. The summed E-state index contributed by atoms with van der Waals surface area (Å²) in [4.78, 5) is 10.2. The highest BCUT2D eigenvalue weighted by atomic mass is 16.6. The zero-order chi connectivity index (χ0) is 10.8. The Morgan fingerprint density at radius 1 is 1.47 bits per heavy atom. The van der Waals surface area contributed by atoms with Crippen molar-refractivity contribution in [2.75, 3.05) is 5.43 Å². The van der Waals surface area contributed by atoms with Crippen LogP contribution in [-0.4, -0.2) is 19.4 Å². The number of anilines is 1. The number of rotatable bonds is 3. The van der Waals surface area contributed by atoms with Crippen LogP contribution in [0.4, 0.5) is 11.5 Å². The molecule has 0 saturated carbocycles. The standard InChI is InChI=1S/C8H9N5O2/c1-11-6-7(13(14)15)8(9-11)10-12-4-2-3-5-12/h2-6H,1H3,(H,9,10). The predicted molar refractivity (Wildman–Crippen MR) is 53.3 cm³/mol. The van der Waals surface area contributed by atoms with Crippen LogP contribution in [0, 0.1) is 10.1 Å². The van der Waals surface area contributed by atoms with Gasteiger partial charge in [-0.05, 0) is 12.1 Å². The van der Waals surface area contributed by atoms with E-state index in [2.05, 4.69) is 10.5 Å². The van der Waals surface area contributed by atoms with Crippen LogP contribution in [0.3, 0.4) is 0 Å². The van der Waals surface area contributed by atoms with Crippen LogP contribution < -0.4 is 5.43 Å². The van der Waals surface area contributed by atoms with E-state index in [-0.39, 0.29) is 11.5 Å². The fourth-order valence-corrected chi connectivity index (χ4v) is 1.22. The molecule has 2 aromatic heterocycles. The van der Waals surface area contributed by atoms with E-state index in [1.807, 2.05) is 12.1 Å². The molecule has 0 atom stereocenters. The molecule has 0 bridgehead atoms. The Balaban J connectivity index is 2.31. The molecule has 0 amide bonds. The Morgan fingerprint density at radius 2 is 2.13 bits per heavy atom. The Bertz CT molecular complexity index is 473. The largest absolute Gasteiger partial charge is 0.332 e. The minimum Gasteiger partial charge on any atom is -0.271 e. The quantitative estimate of drug-likeness (QED) is 0.601. The van der Waals surface area contributed by atoms with Gasteiger partial charge in [0.1, 0.15) is 6.20 Å². The van der Waals surface area contributed by atoms with Gasteiger partial charge in [0.05, 0.1) is 4.92 Å². The summed E-state index contributed by atoms with van der Waals surface area (Å²) in [6.07, 6.45) is 4.82. The average Bonchev–Trinajstić information content (AvgIpc) is 2.75. The van der Waals surface area contributed by atoms with E-state index in [0.29, 0.717) is 0 Å². The van der Waals surface area contributed by atoms with Gasteiger partial charge in [0.25, 0.3) is 0 Å². The Labute approximate surface area is 85.1 Å². The van der Waals surface area contributed by atoms with E-state index in [1.54, 1.807) is 24.1 Å². The predicted octanol–water partition coefficient (Wildman–Crippen LogP) is 1.00. The summed E-state index contributed by atoms with van der Waals surface area (Å²) in [5.41, 5.74) is 2.75. The Hall–Kier alpha value is -2.31. The zero-order valence-electron chi connectivity index (χ0n) is 7.99. The van der Waals surface area contributed by atoms with Crippen LogP contribution in [0.5, 0.6) is 0 Å². The molecule has 2 rings (SSSR count). The summed E-state index contributed by atoms with van der Waals surface area (Å²) in [6.45, 7) is 0. The third-order valence-electron chi connectivity index (χ3n) is 1.85. The van der Waals surface area contributed by atoms with Gasteiger partial charge in [0.15, 0.2) is 0 Å². The van der Waals surface area contributed by atoms with E-state index < -0.39 is 4.92 Å². The van der Waals surface area contributed by atoms with Gasteiger partial charge in [-0.15, -0.1) is 5.10 Å². The summed E-state index contributed by atoms with van der Waals surface area (Å²) in [5.74, 6) is 0.221. The average molecular weight is 207 g/mol. The lowest BCUT2D eigenvalue weighted by Gasteiger charge is -2.02. The van der Waals surface area contributed by atoms with Gasteiger partial charge in [-0.3, -0.25) is 24.9 Å². The Kier molecular flexibility index (Phi) is 2.13. The van der Waals surface area contributed by atoms with Crippen LogP contribution in [0.15, 0.2) is 30.7 Å². The van der Waals surface area contributed by atoms with Crippen LogP contribution in [0.1, 0.15) is 0 Å². The SMILES string of the molecule is Cn1cc([N+](=O)[O-])c(Nn2cccc2)n1. The molecular formula is C8H9N5O2. The summed E-state index contributed by atoms with van der Waals surface area (Å²) in [7, 11) is 1.63. The van der Waals surface area contributed by atoms with Crippen molar-refractivity contribution in [1.82, 2.24) is 14.5 Å². The number of hydrogen-bond donors (Lipinski definition) is 1. The summed E-state index contributed by atoms with van der Waals surface area (Å²) < 4.78 is 2.99. The van der Waals surface area contributed by atoms with Gasteiger partial charge >= 0.3 is 5.69 Å². The fourth-order valence-electron chi connectivity index (χ4n) is 1.22. The first-order valence-corrected chi connectivity index (χ1v) is 4.25. The third-order valence-corrected chi connectivity index (χ3v) is 1.85. The van der Waals surface area contributed by atoms with Crippen molar-refractivity contribution in [3.8, 4) is 0 Å². The van der Waals surface area contributed by atoms with Gasteiger partial charge in [-0.25, -0.2) is 0 Å². The number of aromatic nitrogens is 3. The molecule has 7 nitrogen and oxygen atoms in total. The molecule has 0 aliphatic carbocycles. The van der Waals surface area contributed by atoms with E-state index in [9.17, 15) is 10.1 Å². The summed E-state index contributed by atoms with van der Waals surface area (Å²) in [6, 6.07) is 3.61. The van der Waals surface area contributed by atoms with Crippen molar-refractivity contribution in [3.05, 3.63) is 40.8 Å². The van der Waals surface area contributed by atoms with E-state index in [0.717, 1.165) is 0 Å². The van der Waals surface area contributed by atoms with E-state index in [4.69, 9.17) is 0 Å².